The van der Waals surface area contributed by atoms with Gasteiger partial charge in [0.1, 0.15) is 5.82 Å². The quantitative estimate of drug-likeness (QED) is 0.783. The number of carboxylic acids is 1. The zero-order valence-electron chi connectivity index (χ0n) is 12.8. The van der Waals surface area contributed by atoms with Crippen molar-refractivity contribution in [1.82, 2.24) is 9.97 Å². The highest BCUT2D eigenvalue weighted by Gasteiger charge is 2.25. The van der Waals surface area contributed by atoms with Crippen molar-refractivity contribution in [3.63, 3.8) is 0 Å². The molecule has 2 N–H and O–H groups in total. The van der Waals surface area contributed by atoms with Crippen LogP contribution in [-0.4, -0.2) is 40.7 Å². The van der Waals surface area contributed by atoms with Gasteiger partial charge in [-0.15, -0.1) is 0 Å². The number of piperidine rings is 1. The number of aryl methyl sites for hydroxylation is 1. The van der Waals surface area contributed by atoms with Gasteiger partial charge in [-0.1, -0.05) is 13.3 Å². The van der Waals surface area contributed by atoms with Crippen molar-refractivity contribution in [3.8, 4) is 0 Å². The molecule has 1 aromatic heterocycles. The number of unbranched alkanes of at least 4 members (excludes halogenated alkanes) is 1. The fraction of sp³-hybridized carbons (Fsp3) is 0.667. The molecule has 0 saturated carbocycles. The van der Waals surface area contributed by atoms with Crippen LogP contribution in [0.15, 0.2) is 6.07 Å². The number of anilines is 2. The Bertz CT molecular complexity index is 485. The number of aliphatic carboxylic acids is 1. The Hall–Kier alpha value is -1.85. The Morgan fingerprint density at radius 3 is 2.76 bits per heavy atom. The predicted molar refractivity (Wildman–Crippen MR) is 82.7 cm³/mol. The highest BCUT2D eigenvalue weighted by atomic mass is 16.4. The second kappa shape index (κ2) is 7.24. The summed E-state index contributed by atoms with van der Waals surface area (Å²) in [7, 11) is 0. The van der Waals surface area contributed by atoms with Gasteiger partial charge >= 0.3 is 5.97 Å². The van der Waals surface area contributed by atoms with E-state index in [-0.39, 0.29) is 5.92 Å². The SMILES string of the molecule is CCCCNc1nc(C)cc(N2CCC(C(=O)O)CC2)n1. The first-order chi connectivity index (χ1) is 10.1. The minimum Gasteiger partial charge on any atom is -0.481 e. The summed E-state index contributed by atoms with van der Waals surface area (Å²) in [4.78, 5) is 22.1. The number of carboxylic acid groups (broad SMARTS) is 1. The second-order valence-corrected chi connectivity index (χ2v) is 5.57. The van der Waals surface area contributed by atoms with Crippen molar-refractivity contribution in [3.05, 3.63) is 11.8 Å². The predicted octanol–water partition coefficient (Wildman–Crippen LogP) is 2.30. The van der Waals surface area contributed by atoms with Crippen molar-refractivity contribution in [2.45, 2.75) is 39.5 Å². The monoisotopic (exact) mass is 292 g/mol. The fourth-order valence-electron chi connectivity index (χ4n) is 2.53. The van der Waals surface area contributed by atoms with E-state index in [1.807, 2.05) is 13.0 Å². The Morgan fingerprint density at radius 1 is 1.43 bits per heavy atom. The molecule has 116 valence electrons. The molecule has 1 aromatic rings. The van der Waals surface area contributed by atoms with Gasteiger partial charge in [-0.3, -0.25) is 4.79 Å². The lowest BCUT2D eigenvalue weighted by Gasteiger charge is -2.31. The molecule has 2 rings (SSSR count). The van der Waals surface area contributed by atoms with Crippen molar-refractivity contribution in [2.24, 2.45) is 5.92 Å². The van der Waals surface area contributed by atoms with Gasteiger partial charge < -0.3 is 15.3 Å². The van der Waals surface area contributed by atoms with Gasteiger partial charge in [0.2, 0.25) is 5.95 Å². The van der Waals surface area contributed by atoms with E-state index in [2.05, 4.69) is 27.1 Å². The molecule has 21 heavy (non-hydrogen) atoms. The van der Waals surface area contributed by atoms with Gasteiger partial charge in [-0.25, -0.2) is 4.98 Å². The summed E-state index contributed by atoms with van der Waals surface area (Å²) in [6, 6.07) is 1.96. The van der Waals surface area contributed by atoms with Crippen LogP contribution in [0.5, 0.6) is 0 Å². The summed E-state index contributed by atoms with van der Waals surface area (Å²) in [6.45, 7) is 6.46. The number of aromatic nitrogens is 2. The summed E-state index contributed by atoms with van der Waals surface area (Å²) < 4.78 is 0. The Morgan fingerprint density at radius 2 is 2.14 bits per heavy atom. The third-order valence-corrected chi connectivity index (χ3v) is 3.82. The summed E-state index contributed by atoms with van der Waals surface area (Å²) in [5.74, 6) is 0.658. The third-order valence-electron chi connectivity index (χ3n) is 3.82. The lowest BCUT2D eigenvalue weighted by atomic mass is 9.97. The Kier molecular flexibility index (Phi) is 5.36. The number of rotatable bonds is 6. The maximum atomic E-state index is 11.0. The molecule has 6 nitrogen and oxygen atoms in total. The number of nitrogens with one attached hydrogen (secondary N) is 1. The van der Waals surface area contributed by atoms with Crippen LogP contribution in [0.4, 0.5) is 11.8 Å². The third kappa shape index (κ3) is 4.31. The van der Waals surface area contributed by atoms with Crippen LogP contribution >= 0.6 is 0 Å². The van der Waals surface area contributed by atoms with E-state index < -0.39 is 5.97 Å². The second-order valence-electron chi connectivity index (χ2n) is 5.57. The van der Waals surface area contributed by atoms with E-state index >= 15 is 0 Å². The molecule has 2 heterocycles. The van der Waals surface area contributed by atoms with Crippen molar-refractivity contribution in [1.29, 1.82) is 0 Å². The number of hydrogen-bond acceptors (Lipinski definition) is 5. The van der Waals surface area contributed by atoms with Gasteiger partial charge in [0, 0.05) is 31.4 Å². The zero-order valence-corrected chi connectivity index (χ0v) is 12.8. The normalized spacial score (nSPS) is 16.0. The van der Waals surface area contributed by atoms with Crippen LogP contribution < -0.4 is 10.2 Å². The number of hydrogen-bond donors (Lipinski definition) is 2. The molecule has 6 heteroatoms. The largest absolute Gasteiger partial charge is 0.481 e. The first-order valence-corrected chi connectivity index (χ1v) is 7.67. The molecular weight excluding hydrogens is 268 g/mol. The molecule has 0 spiro atoms. The first-order valence-electron chi connectivity index (χ1n) is 7.67. The van der Waals surface area contributed by atoms with Gasteiger partial charge in [0.25, 0.3) is 0 Å². The summed E-state index contributed by atoms with van der Waals surface area (Å²) in [5, 5.41) is 12.3. The van der Waals surface area contributed by atoms with Crippen LogP contribution in [0.2, 0.25) is 0 Å². The average Bonchev–Trinajstić information content (AvgIpc) is 2.47. The molecule has 1 aliphatic heterocycles. The summed E-state index contributed by atoms with van der Waals surface area (Å²) in [6.07, 6.45) is 3.58. The van der Waals surface area contributed by atoms with E-state index in [0.29, 0.717) is 18.8 Å². The van der Waals surface area contributed by atoms with Crippen LogP contribution in [-0.2, 0) is 4.79 Å². The Balaban J connectivity index is 2.01. The average molecular weight is 292 g/mol. The summed E-state index contributed by atoms with van der Waals surface area (Å²) >= 11 is 0. The molecule has 0 aliphatic carbocycles. The number of nitrogens with zero attached hydrogens (tertiary/aromatic N) is 3. The molecular formula is C15H24N4O2. The van der Waals surface area contributed by atoms with Crippen molar-refractivity contribution >= 4 is 17.7 Å². The molecule has 0 amide bonds. The number of carbonyl (C=O) groups is 1. The lowest BCUT2D eigenvalue weighted by Crippen LogP contribution is -2.37. The summed E-state index contributed by atoms with van der Waals surface area (Å²) in [5.41, 5.74) is 0.930. The van der Waals surface area contributed by atoms with Crippen LogP contribution in [0.25, 0.3) is 0 Å². The maximum absolute atomic E-state index is 11.0. The van der Waals surface area contributed by atoms with E-state index in [0.717, 1.165) is 44.0 Å². The molecule has 0 unspecified atom stereocenters. The standard InChI is InChI=1S/C15H24N4O2/c1-3-4-7-16-15-17-11(2)10-13(18-15)19-8-5-12(6-9-19)14(20)21/h10,12H,3-9H2,1-2H3,(H,20,21)(H,16,17,18). The molecule has 0 bridgehead atoms. The minimum atomic E-state index is -0.685. The Labute approximate surface area is 125 Å². The van der Waals surface area contributed by atoms with Crippen LogP contribution in [0.1, 0.15) is 38.3 Å². The van der Waals surface area contributed by atoms with Gasteiger partial charge in [0.15, 0.2) is 0 Å². The van der Waals surface area contributed by atoms with Gasteiger partial charge in [-0.05, 0) is 26.2 Å². The van der Waals surface area contributed by atoms with Gasteiger partial charge in [0.05, 0.1) is 5.92 Å². The highest BCUT2D eigenvalue weighted by molar-refractivity contribution is 5.70. The maximum Gasteiger partial charge on any atom is 0.306 e. The van der Waals surface area contributed by atoms with Crippen LogP contribution in [0.3, 0.4) is 0 Å². The molecule has 1 saturated heterocycles. The topological polar surface area (TPSA) is 78.4 Å². The van der Waals surface area contributed by atoms with Crippen molar-refractivity contribution in [2.75, 3.05) is 29.9 Å². The molecule has 0 aromatic carbocycles. The van der Waals surface area contributed by atoms with E-state index in [1.165, 1.54) is 0 Å². The first kappa shape index (κ1) is 15.5. The van der Waals surface area contributed by atoms with Crippen LogP contribution in [0, 0.1) is 12.8 Å². The smallest absolute Gasteiger partial charge is 0.306 e. The molecule has 1 aliphatic rings. The van der Waals surface area contributed by atoms with E-state index in [4.69, 9.17) is 5.11 Å². The van der Waals surface area contributed by atoms with E-state index in [9.17, 15) is 4.79 Å². The fourth-order valence-corrected chi connectivity index (χ4v) is 2.53. The molecule has 1 fully saturated rings. The van der Waals surface area contributed by atoms with Crippen molar-refractivity contribution < 1.29 is 9.90 Å². The zero-order chi connectivity index (χ0) is 15.2. The lowest BCUT2D eigenvalue weighted by molar-refractivity contribution is -0.142. The highest BCUT2D eigenvalue weighted by Crippen LogP contribution is 2.23. The van der Waals surface area contributed by atoms with E-state index in [1.54, 1.807) is 0 Å². The molecule has 0 radical (unpaired) electrons. The van der Waals surface area contributed by atoms with Gasteiger partial charge in [-0.2, -0.15) is 4.98 Å². The minimum absolute atomic E-state index is 0.216. The molecule has 0 atom stereocenters.